The molecule has 0 aromatic carbocycles. The first-order chi connectivity index (χ1) is 6.46. The van der Waals surface area contributed by atoms with E-state index >= 15 is 0 Å². The van der Waals surface area contributed by atoms with Crippen molar-refractivity contribution < 1.29 is 13.2 Å². The molecule has 0 N–H and O–H groups in total. The highest BCUT2D eigenvalue weighted by Gasteiger charge is 2.65. The molecule has 2 rings (SSSR count). The first-order valence-corrected chi connectivity index (χ1v) is 4.80. The molecule has 1 aromatic heterocycles. The largest absolute Gasteiger partial charge is 0.400 e. The predicted octanol–water partition coefficient (Wildman–Crippen LogP) is 2.83. The number of halogens is 4. The van der Waals surface area contributed by atoms with Gasteiger partial charge in [0.2, 0.25) is 0 Å². The van der Waals surface area contributed by atoms with E-state index in [-0.39, 0.29) is 18.5 Å². The topological polar surface area (TPSA) is 25.8 Å². The van der Waals surface area contributed by atoms with E-state index in [0.717, 1.165) is 0 Å². The zero-order chi connectivity index (χ0) is 10.4. The van der Waals surface area contributed by atoms with E-state index in [0.29, 0.717) is 4.47 Å². The Kier molecular flexibility index (Phi) is 2.06. The summed E-state index contributed by atoms with van der Waals surface area (Å²) in [5.74, 6) is 0. The fraction of sp³-hybridized carbons (Fsp3) is 0.500. The van der Waals surface area contributed by atoms with Crippen molar-refractivity contribution in [1.29, 1.82) is 0 Å². The van der Waals surface area contributed by atoms with Crippen molar-refractivity contribution in [3.05, 3.63) is 22.4 Å². The summed E-state index contributed by atoms with van der Waals surface area (Å²) in [6.45, 7) is 0. The Hall–Kier alpha value is -0.650. The molecule has 0 amide bonds. The predicted molar refractivity (Wildman–Crippen MR) is 46.7 cm³/mol. The summed E-state index contributed by atoms with van der Waals surface area (Å²) in [6.07, 6.45) is -2.62. The van der Waals surface area contributed by atoms with Crippen molar-refractivity contribution in [3.8, 4) is 0 Å². The van der Waals surface area contributed by atoms with Crippen LogP contribution in [0.3, 0.4) is 0 Å². The first-order valence-electron chi connectivity index (χ1n) is 4.01. The van der Waals surface area contributed by atoms with E-state index in [1.807, 2.05) is 0 Å². The van der Waals surface area contributed by atoms with Gasteiger partial charge in [-0.05, 0) is 34.8 Å². The van der Waals surface area contributed by atoms with Crippen LogP contribution in [0.15, 0.2) is 16.7 Å². The lowest BCUT2D eigenvalue weighted by atomic mass is 10.0. The third-order valence-electron chi connectivity index (χ3n) is 2.40. The molecule has 1 aliphatic carbocycles. The molecular weight excluding hydrogens is 261 g/mol. The maximum Gasteiger partial charge on any atom is 0.400 e. The molecule has 0 spiro atoms. The minimum Gasteiger partial charge on any atom is -0.170 e. The average Bonchev–Trinajstić information content (AvgIpc) is 2.82. The summed E-state index contributed by atoms with van der Waals surface area (Å²) in [5.41, 5.74) is -1.72. The normalized spacial score (nSPS) is 19.4. The van der Waals surface area contributed by atoms with Gasteiger partial charge in [0.05, 0.1) is 11.9 Å². The zero-order valence-corrected chi connectivity index (χ0v) is 8.56. The maximum absolute atomic E-state index is 12.6. The molecule has 0 aliphatic heterocycles. The SMILES string of the molecule is FC(F)(F)C1(c2cc(Br)cnn2)CC1. The third kappa shape index (κ3) is 1.41. The van der Waals surface area contributed by atoms with E-state index in [4.69, 9.17) is 0 Å². The van der Waals surface area contributed by atoms with Gasteiger partial charge in [0.1, 0.15) is 5.41 Å². The standard InChI is InChI=1S/C8H6BrF3N2/c9-5-3-6(14-13-4-5)7(1-2-7)8(10,11)12/h3-4H,1-2H2. The average molecular weight is 267 g/mol. The number of nitrogens with zero attached hydrogens (tertiary/aromatic N) is 2. The van der Waals surface area contributed by atoms with Gasteiger partial charge in [0.25, 0.3) is 0 Å². The quantitative estimate of drug-likeness (QED) is 0.781. The van der Waals surface area contributed by atoms with Gasteiger partial charge in [-0.15, -0.1) is 0 Å². The van der Waals surface area contributed by atoms with Crippen LogP contribution in [0.2, 0.25) is 0 Å². The van der Waals surface area contributed by atoms with Crippen LogP contribution in [0.4, 0.5) is 13.2 Å². The van der Waals surface area contributed by atoms with Crippen molar-refractivity contribution in [2.75, 3.05) is 0 Å². The Morgan fingerprint density at radius 3 is 2.43 bits per heavy atom. The maximum atomic E-state index is 12.6. The Balaban J connectivity index is 2.41. The van der Waals surface area contributed by atoms with Gasteiger partial charge in [-0.25, -0.2) is 0 Å². The molecule has 6 heteroatoms. The van der Waals surface area contributed by atoms with Crippen LogP contribution in [0.5, 0.6) is 0 Å². The number of rotatable bonds is 1. The highest BCUT2D eigenvalue weighted by atomic mass is 79.9. The smallest absolute Gasteiger partial charge is 0.170 e. The minimum atomic E-state index is -4.22. The van der Waals surface area contributed by atoms with Crippen LogP contribution < -0.4 is 0 Å². The van der Waals surface area contributed by atoms with E-state index in [2.05, 4.69) is 26.1 Å². The zero-order valence-electron chi connectivity index (χ0n) is 6.98. The molecule has 0 saturated heterocycles. The van der Waals surface area contributed by atoms with E-state index in [1.165, 1.54) is 12.3 Å². The molecule has 0 radical (unpaired) electrons. The summed E-state index contributed by atoms with van der Waals surface area (Å²) in [4.78, 5) is 0. The molecule has 1 aliphatic rings. The highest BCUT2D eigenvalue weighted by Crippen LogP contribution is 2.58. The summed E-state index contributed by atoms with van der Waals surface area (Å²) < 4.78 is 38.4. The second-order valence-corrected chi connectivity index (χ2v) is 4.25. The molecule has 14 heavy (non-hydrogen) atoms. The van der Waals surface area contributed by atoms with Crippen LogP contribution in [0.1, 0.15) is 18.5 Å². The fourth-order valence-corrected chi connectivity index (χ4v) is 1.70. The Bertz CT molecular complexity index is 360. The van der Waals surface area contributed by atoms with Crippen molar-refractivity contribution in [3.63, 3.8) is 0 Å². The monoisotopic (exact) mass is 266 g/mol. The summed E-state index contributed by atoms with van der Waals surface area (Å²) in [6, 6.07) is 1.38. The molecular formula is C8H6BrF3N2. The molecule has 1 aromatic rings. The summed E-state index contributed by atoms with van der Waals surface area (Å²) >= 11 is 3.08. The summed E-state index contributed by atoms with van der Waals surface area (Å²) in [7, 11) is 0. The van der Waals surface area contributed by atoms with E-state index in [9.17, 15) is 13.2 Å². The molecule has 2 nitrogen and oxygen atoms in total. The van der Waals surface area contributed by atoms with Crippen LogP contribution in [0.25, 0.3) is 0 Å². The van der Waals surface area contributed by atoms with Gasteiger partial charge in [-0.1, -0.05) is 0 Å². The Morgan fingerprint density at radius 1 is 1.36 bits per heavy atom. The molecule has 1 heterocycles. The molecule has 0 atom stereocenters. The first kappa shape index (κ1) is 9.89. The van der Waals surface area contributed by atoms with Gasteiger partial charge in [-0.2, -0.15) is 23.4 Å². The number of hydrogen-bond acceptors (Lipinski definition) is 2. The van der Waals surface area contributed by atoms with Gasteiger partial charge in [-0.3, -0.25) is 0 Å². The molecule has 1 fully saturated rings. The molecule has 1 saturated carbocycles. The molecule has 76 valence electrons. The Labute approximate surface area is 86.7 Å². The van der Waals surface area contributed by atoms with Crippen LogP contribution in [0, 0.1) is 0 Å². The lowest BCUT2D eigenvalue weighted by molar-refractivity contribution is -0.161. The van der Waals surface area contributed by atoms with Crippen molar-refractivity contribution in [2.45, 2.75) is 24.4 Å². The lowest BCUT2D eigenvalue weighted by Crippen LogP contribution is -2.29. The summed E-state index contributed by atoms with van der Waals surface area (Å²) in [5, 5.41) is 7.05. The number of aromatic nitrogens is 2. The lowest BCUT2D eigenvalue weighted by Gasteiger charge is -2.17. The van der Waals surface area contributed by atoms with Gasteiger partial charge < -0.3 is 0 Å². The Morgan fingerprint density at radius 2 is 2.00 bits per heavy atom. The van der Waals surface area contributed by atoms with Gasteiger partial charge in [0, 0.05) is 4.47 Å². The van der Waals surface area contributed by atoms with Crippen LogP contribution in [-0.4, -0.2) is 16.4 Å². The molecule has 0 unspecified atom stereocenters. The third-order valence-corrected chi connectivity index (χ3v) is 2.84. The van der Waals surface area contributed by atoms with Crippen LogP contribution in [-0.2, 0) is 5.41 Å². The van der Waals surface area contributed by atoms with E-state index < -0.39 is 11.6 Å². The number of hydrogen-bond donors (Lipinski definition) is 0. The van der Waals surface area contributed by atoms with Crippen molar-refractivity contribution >= 4 is 15.9 Å². The minimum absolute atomic E-state index is 0.0133. The van der Waals surface area contributed by atoms with Crippen LogP contribution >= 0.6 is 15.9 Å². The molecule has 0 bridgehead atoms. The number of alkyl halides is 3. The van der Waals surface area contributed by atoms with Gasteiger partial charge in [0.15, 0.2) is 0 Å². The highest BCUT2D eigenvalue weighted by molar-refractivity contribution is 9.10. The fourth-order valence-electron chi connectivity index (χ4n) is 1.39. The second-order valence-electron chi connectivity index (χ2n) is 3.34. The second kappa shape index (κ2) is 2.92. The van der Waals surface area contributed by atoms with Crippen molar-refractivity contribution in [2.24, 2.45) is 0 Å². The van der Waals surface area contributed by atoms with Gasteiger partial charge >= 0.3 is 6.18 Å². The van der Waals surface area contributed by atoms with Crippen molar-refractivity contribution in [1.82, 2.24) is 10.2 Å². The van der Waals surface area contributed by atoms with E-state index in [1.54, 1.807) is 0 Å².